The summed E-state index contributed by atoms with van der Waals surface area (Å²) in [7, 11) is 0. The summed E-state index contributed by atoms with van der Waals surface area (Å²) < 4.78 is 0. The van der Waals surface area contributed by atoms with E-state index >= 15 is 0 Å². The molecule has 0 amide bonds. The number of rotatable bonds is 2. The second kappa shape index (κ2) is 11.0. The minimum absolute atomic E-state index is 0. The quantitative estimate of drug-likeness (QED) is 0.349. The molecule has 0 saturated heterocycles. The second-order valence-electron chi connectivity index (χ2n) is 1.16. The van der Waals surface area contributed by atoms with Gasteiger partial charge in [0.25, 0.3) is 0 Å². The molecule has 0 aliphatic rings. The molecule has 0 aliphatic heterocycles. The molecule has 1 N–H and O–H groups in total. The van der Waals surface area contributed by atoms with Crippen LogP contribution in [0.5, 0.6) is 0 Å². The largest absolute Gasteiger partial charge is 1.00 e. The molecule has 0 rings (SSSR count). The maximum atomic E-state index is 6.66. The molecule has 0 unspecified atom stereocenters. The first-order valence-electron chi connectivity index (χ1n) is 2.34. The van der Waals surface area contributed by atoms with E-state index in [-0.39, 0.29) is 51.4 Å². The maximum Gasteiger partial charge on any atom is 1.00 e. The van der Waals surface area contributed by atoms with E-state index in [4.69, 9.17) is 5.73 Å². The van der Waals surface area contributed by atoms with Crippen LogP contribution in [-0.2, 0) is 0 Å². The van der Waals surface area contributed by atoms with Crippen molar-refractivity contribution in [2.24, 2.45) is 0 Å². The van der Waals surface area contributed by atoms with Crippen LogP contribution in [0, 0.1) is 0 Å². The van der Waals surface area contributed by atoms with Crippen LogP contribution >= 0.6 is 0 Å². The van der Waals surface area contributed by atoms with Gasteiger partial charge in [0, 0.05) is 0 Å². The van der Waals surface area contributed by atoms with Gasteiger partial charge in [0.1, 0.15) is 0 Å². The first kappa shape index (κ1) is 11.8. The van der Waals surface area contributed by atoms with Crippen LogP contribution < -0.4 is 51.4 Å². The van der Waals surface area contributed by atoms with E-state index in [1.165, 1.54) is 0 Å². The standard InChI is InChI=1S/C6H10N.K/c1-2-3-4-5-6-7;/h2-5,7H,6H2,1H3;/q-1;+1/b3-2+,5-4-;. The van der Waals surface area contributed by atoms with Crippen LogP contribution in [0.4, 0.5) is 0 Å². The van der Waals surface area contributed by atoms with Gasteiger partial charge in [-0.25, -0.2) is 0 Å². The molecule has 0 spiro atoms. The van der Waals surface area contributed by atoms with E-state index in [9.17, 15) is 0 Å². The summed E-state index contributed by atoms with van der Waals surface area (Å²) in [5.74, 6) is 0. The van der Waals surface area contributed by atoms with Gasteiger partial charge in [0.15, 0.2) is 0 Å². The number of hydrogen-bond acceptors (Lipinski definition) is 0. The fraction of sp³-hybridized carbons (Fsp3) is 0.333. The predicted octanol–water partition coefficient (Wildman–Crippen LogP) is -0.825. The zero-order valence-corrected chi connectivity index (χ0v) is 8.64. The average Bonchev–Trinajstić information content (AvgIpc) is 1.69. The van der Waals surface area contributed by atoms with Crippen molar-refractivity contribution in [3.63, 3.8) is 0 Å². The Labute approximate surface area is 93.4 Å². The maximum absolute atomic E-state index is 6.66. The van der Waals surface area contributed by atoms with Crippen LogP contribution in [-0.4, -0.2) is 6.54 Å². The van der Waals surface area contributed by atoms with Crippen LogP contribution in [0.2, 0.25) is 0 Å². The minimum atomic E-state index is 0. The Morgan fingerprint density at radius 1 is 1.38 bits per heavy atom. The van der Waals surface area contributed by atoms with Crippen molar-refractivity contribution in [2.45, 2.75) is 6.92 Å². The molecule has 0 aromatic rings. The van der Waals surface area contributed by atoms with E-state index in [1.807, 2.05) is 25.2 Å². The summed E-state index contributed by atoms with van der Waals surface area (Å²) in [5, 5.41) is 0. The van der Waals surface area contributed by atoms with Gasteiger partial charge >= 0.3 is 51.4 Å². The molecular weight excluding hydrogens is 125 g/mol. The van der Waals surface area contributed by atoms with Gasteiger partial charge in [-0.15, -0.1) is 12.6 Å². The SMILES string of the molecule is C/C=C/C=C\C[NH-].[K+]. The Morgan fingerprint density at radius 2 is 2.00 bits per heavy atom. The fourth-order valence-electron chi connectivity index (χ4n) is 0.258. The second-order valence-corrected chi connectivity index (χ2v) is 1.16. The topological polar surface area (TPSA) is 23.8 Å². The molecule has 1 nitrogen and oxygen atoms in total. The third-order valence-corrected chi connectivity index (χ3v) is 0.557. The van der Waals surface area contributed by atoms with Gasteiger partial charge in [0.2, 0.25) is 0 Å². The van der Waals surface area contributed by atoms with Crippen LogP contribution in [0.1, 0.15) is 6.92 Å². The Bertz CT molecular complexity index is 76.6. The summed E-state index contributed by atoms with van der Waals surface area (Å²) >= 11 is 0. The van der Waals surface area contributed by atoms with Crippen molar-refractivity contribution in [3.05, 3.63) is 30.0 Å². The van der Waals surface area contributed by atoms with Crippen molar-refractivity contribution in [2.75, 3.05) is 6.54 Å². The molecule has 8 heavy (non-hydrogen) atoms. The molecule has 0 saturated carbocycles. The first-order chi connectivity index (χ1) is 3.41. The van der Waals surface area contributed by atoms with Crippen molar-refractivity contribution >= 4 is 0 Å². The molecule has 0 aromatic heterocycles. The monoisotopic (exact) mass is 135 g/mol. The third kappa shape index (κ3) is 10.1. The van der Waals surface area contributed by atoms with Gasteiger partial charge in [-0.05, 0) is 6.92 Å². The fourth-order valence-corrected chi connectivity index (χ4v) is 0.258. The third-order valence-electron chi connectivity index (χ3n) is 0.557. The molecule has 2 heteroatoms. The smallest absolute Gasteiger partial charge is 0.674 e. The molecule has 0 heterocycles. The molecule has 0 bridgehead atoms. The first-order valence-corrected chi connectivity index (χ1v) is 2.34. The van der Waals surface area contributed by atoms with E-state index < -0.39 is 0 Å². The zero-order valence-electron chi connectivity index (χ0n) is 5.52. The Kier molecular flexibility index (Phi) is 16.2. The number of allylic oxidation sites excluding steroid dienone is 3. The van der Waals surface area contributed by atoms with Crippen molar-refractivity contribution in [1.29, 1.82) is 0 Å². The van der Waals surface area contributed by atoms with E-state index in [0.717, 1.165) is 0 Å². The van der Waals surface area contributed by atoms with Crippen LogP contribution in [0.25, 0.3) is 5.73 Å². The summed E-state index contributed by atoms with van der Waals surface area (Å²) in [6.07, 6.45) is 7.51. The Morgan fingerprint density at radius 3 is 2.38 bits per heavy atom. The molecule has 0 atom stereocenters. The van der Waals surface area contributed by atoms with Crippen LogP contribution in [0.3, 0.4) is 0 Å². The van der Waals surface area contributed by atoms with Crippen molar-refractivity contribution in [1.82, 2.24) is 0 Å². The van der Waals surface area contributed by atoms with Crippen molar-refractivity contribution in [3.8, 4) is 0 Å². The Balaban J connectivity index is 0. The van der Waals surface area contributed by atoms with E-state index in [1.54, 1.807) is 6.08 Å². The molecular formula is C6H10KN. The predicted molar refractivity (Wildman–Crippen MR) is 33.1 cm³/mol. The summed E-state index contributed by atoms with van der Waals surface area (Å²) in [4.78, 5) is 0. The molecule has 40 valence electrons. The molecule has 0 fully saturated rings. The summed E-state index contributed by atoms with van der Waals surface area (Å²) in [5.41, 5.74) is 6.66. The van der Waals surface area contributed by atoms with Gasteiger partial charge in [-0.1, -0.05) is 18.2 Å². The minimum Gasteiger partial charge on any atom is -0.674 e. The van der Waals surface area contributed by atoms with Gasteiger partial charge < -0.3 is 5.73 Å². The molecule has 0 radical (unpaired) electrons. The number of nitrogens with one attached hydrogen (secondary N) is 1. The summed E-state index contributed by atoms with van der Waals surface area (Å²) in [6, 6.07) is 0. The van der Waals surface area contributed by atoms with Gasteiger partial charge in [-0.3, -0.25) is 0 Å². The zero-order chi connectivity index (χ0) is 5.54. The van der Waals surface area contributed by atoms with Crippen molar-refractivity contribution < 1.29 is 51.4 Å². The van der Waals surface area contributed by atoms with Gasteiger partial charge in [-0.2, -0.15) is 0 Å². The summed E-state index contributed by atoms with van der Waals surface area (Å²) in [6.45, 7) is 2.33. The molecule has 0 aromatic carbocycles. The van der Waals surface area contributed by atoms with Gasteiger partial charge in [0.05, 0.1) is 0 Å². The molecule has 0 aliphatic carbocycles. The number of hydrogen-bond donors (Lipinski definition) is 0. The van der Waals surface area contributed by atoms with Crippen LogP contribution in [0.15, 0.2) is 24.3 Å². The van der Waals surface area contributed by atoms with E-state index in [2.05, 4.69) is 0 Å². The normalized spacial score (nSPS) is 10.2. The average molecular weight is 135 g/mol. The van der Waals surface area contributed by atoms with E-state index in [0.29, 0.717) is 6.54 Å². The Hall–Kier alpha value is 1.08.